The van der Waals surface area contributed by atoms with Crippen LogP contribution in [0.15, 0.2) is 29.3 Å². The van der Waals surface area contributed by atoms with Crippen LogP contribution in [0.25, 0.3) is 0 Å². The maximum absolute atomic E-state index is 12.3. The third-order valence-corrected chi connectivity index (χ3v) is 6.38. The van der Waals surface area contributed by atoms with Crippen molar-refractivity contribution in [1.29, 1.82) is 0 Å². The molecule has 2 unspecified atom stereocenters. The number of amides is 1. The predicted molar refractivity (Wildman–Crippen MR) is 108 cm³/mol. The highest BCUT2D eigenvalue weighted by Crippen LogP contribution is 2.39. The van der Waals surface area contributed by atoms with Gasteiger partial charge in [-0.3, -0.25) is 4.79 Å². The number of hydrogen-bond donors (Lipinski definition) is 4. The zero-order valence-electron chi connectivity index (χ0n) is 15.9. The van der Waals surface area contributed by atoms with Gasteiger partial charge in [0.2, 0.25) is 0 Å². The fourth-order valence-corrected chi connectivity index (χ4v) is 4.42. The number of carbonyl (C=O) groups is 1. The quantitative estimate of drug-likeness (QED) is 0.456. The minimum Gasteiger partial charge on any atom is -0.394 e. The number of nitrogens with one attached hydrogen (secondary N) is 1. The lowest BCUT2D eigenvalue weighted by atomic mass is 9.97. The van der Waals surface area contributed by atoms with Crippen molar-refractivity contribution >= 4 is 40.9 Å². The number of halogens is 5. The van der Waals surface area contributed by atoms with Crippen LogP contribution >= 0.6 is 35.0 Å². The first-order chi connectivity index (χ1) is 15.0. The van der Waals surface area contributed by atoms with E-state index in [2.05, 4.69) is 10.3 Å². The first-order valence-corrected chi connectivity index (χ1v) is 10.6. The molecule has 1 saturated heterocycles. The SMILES string of the molecule is O=C(NCC(F)(F)F)c1cn(C2[C@@H](O)C(CO)O[C@H](Sc3ccc(Cl)c(Cl)c3)[C@H]2O)nn1. The Morgan fingerprint density at radius 2 is 1.97 bits per heavy atom. The lowest BCUT2D eigenvalue weighted by Crippen LogP contribution is -2.55. The molecule has 15 heteroatoms. The molecule has 9 nitrogen and oxygen atoms in total. The highest BCUT2D eigenvalue weighted by molar-refractivity contribution is 7.99. The zero-order valence-corrected chi connectivity index (χ0v) is 18.2. The molecule has 2 aromatic rings. The van der Waals surface area contributed by atoms with Crippen LogP contribution in [0, 0.1) is 0 Å². The molecule has 1 aromatic carbocycles. The number of ether oxygens (including phenoxy) is 1. The van der Waals surface area contributed by atoms with E-state index >= 15 is 0 Å². The molecule has 1 aromatic heterocycles. The van der Waals surface area contributed by atoms with Gasteiger partial charge in [-0.25, -0.2) is 4.68 Å². The van der Waals surface area contributed by atoms with Crippen LogP contribution in [0.1, 0.15) is 16.5 Å². The monoisotopic (exact) mass is 516 g/mol. The highest BCUT2D eigenvalue weighted by atomic mass is 35.5. The number of aliphatic hydroxyl groups excluding tert-OH is 3. The number of hydrogen-bond acceptors (Lipinski definition) is 8. The molecule has 1 aliphatic rings. The molecule has 4 N–H and O–H groups in total. The third kappa shape index (κ3) is 5.84. The van der Waals surface area contributed by atoms with Crippen molar-refractivity contribution in [3.8, 4) is 0 Å². The van der Waals surface area contributed by atoms with Gasteiger partial charge in [0.25, 0.3) is 5.91 Å². The van der Waals surface area contributed by atoms with Crippen LogP contribution in [0.4, 0.5) is 13.2 Å². The van der Waals surface area contributed by atoms with Gasteiger partial charge >= 0.3 is 6.18 Å². The van der Waals surface area contributed by atoms with E-state index in [0.29, 0.717) is 9.92 Å². The number of carbonyl (C=O) groups excluding carboxylic acids is 1. The second-order valence-corrected chi connectivity index (χ2v) is 8.76. The summed E-state index contributed by atoms with van der Waals surface area (Å²) in [7, 11) is 0. The Morgan fingerprint density at radius 1 is 1.25 bits per heavy atom. The second kappa shape index (κ2) is 10.1. The van der Waals surface area contributed by atoms with Crippen molar-refractivity contribution in [2.75, 3.05) is 13.2 Å². The number of nitrogens with zero attached hydrogens (tertiary/aromatic N) is 3. The average Bonchev–Trinajstić information content (AvgIpc) is 3.20. The first kappa shape index (κ1) is 25.0. The summed E-state index contributed by atoms with van der Waals surface area (Å²) in [6.45, 7) is -2.16. The molecular formula is C17H17Cl2F3N4O5S. The Bertz CT molecular complexity index is 967. The van der Waals surface area contributed by atoms with Gasteiger partial charge < -0.3 is 25.4 Å². The Labute approximate surface area is 193 Å². The Hall–Kier alpha value is -1.61. The summed E-state index contributed by atoms with van der Waals surface area (Å²) >= 11 is 12.9. The molecule has 2 heterocycles. The Kier molecular flexibility index (Phi) is 7.91. The van der Waals surface area contributed by atoms with Gasteiger partial charge in [-0.1, -0.05) is 40.2 Å². The molecule has 3 rings (SSSR count). The standard InChI is InChI=1S/C17H17Cl2F3N4O5S/c18-8-2-1-7(3-9(8)19)32-16-14(29)12(13(28)11(5-27)31-16)26-4-10(24-25-26)15(30)23-6-17(20,21)22/h1-4,11-14,16,27-29H,5-6H2,(H,23,30)/t11?,12?,13-,14-,16+/m0/s1. The van der Waals surface area contributed by atoms with Crippen molar-refractivity contribution in [2.45, 2.75) is 40.9 Å². The molecule has 1 amide bonds. The minimum atomic E-state index is -4.61. The van der Waals surface area contributed by atoms with Crippen LogP contribution in [-0.2, 0) is 4.74 Å². The van der Waals surface area contributed by atoms with Crippen molar-refractivity contribution in [3.05, 3.63) is 40.1 Å². The number of aliphatic hydroxyl groups is 3. The van der Waals surface area contributed by atoms with Gasteiger partial charge in [0.15, 0.2) is 5.69 Å². The zero-order chi connectivity index (χ0) is 23.6. The molecule has 0 radical (unpaired) electrons. The lowest BCUT2D eigenvalue weighted by molar-refractivity contribution is -0.178. The fourth-order valence-electron chi connectivity index (χ4n) is 2.96. The molecule has 32 heavy (non-hydrogen) atoms. The van der Waals surface area contributed by atoms with E-state index < -0.39 is 60.7 Å². The summed E-state index contributed by atoms with van der Waals surface area (Å²) in [4.78, 5) is 12.5. The molecule has 1 fully saturated rings. The summed E-state index contributed by atoms with van der Waals surface area (Å²) < 4.78 is 43.4. The number of rotatable bonds is 6. The van der Waals surface area contributed by atoms with Gasteiger partial charge in [-0.2, -0.15) is 13.2 Å². The molecule has 0 bridgehead atoms. The molecule has 176 valence electrons. The van der Waals surface area contributed by atoms with Crippen molar-refractivity contribution in [2.24, 2.45) is 0 Å². The third-order valence-electron chi connectivity index (χ3n) is 4.49. The smallest absolute Gasteiger partial charge is 0.394 e. The predicted octanol–water partition coefficient (Wildman–Crippen LogP) is 1.65. The normalized spacial score (nSPS) is 26.2. The Morgan fingerprint density at radius 3 is 2.59 bits per heavy atom. The van der Waals surface area contributed by atoms with Crippen LogP contribution in [0.3, 0.4) is 0 Å². The lowest BCUT2D eigenvalue weighted by Gasteiger charge is -2.41. The number of thioether (sulfide) groups is 1. The van der Waals surface area contributed by atoms with Gasteiger partial charge in [-0.15, -0.1) is 5.10 Å². The molecule has 1 aliphatic heterocycles. The minimum absolute atomic E-state index is 0.267. The number of benzene rings is 1. The van der Waals surface area contributed by atoms with Crippen LogP contribution in [0.2, 0.25) is 10.0 Å². The van der Waals surface area contributed by atoms with E-state index in [1.165, 1.54) is 6.07 Å². The number of alkyl halides is 3. The summed E-state index contributed by atoms with van der Waals surface area (Å²) in [6.07, 6.45) is -7.63. The topological polar surface area (TPSA) is 130 Å². The van der Waals surface area contributed by atoms with Gasteiger partial charge in [-0.05, 0) is 18.2 Å². The van der Waals surface area contributed by atoms with Gasteiger partial charge in [0, 0.05) is 4.90 Å². The summed E-state index contributed by atoms with van der Waals surface area (Å²) in [5.41, 5.74) is -1.46. The molecule has 5 atom stereocenters. The van der Waals surface area contributed by atoms with Crippen LogP contribution in [0.5, 0.6) is 0 Å². The van der Waals surface area contributed by atoms with E-state index in [-0.39, 0.29) is 5.02 Å². The molecule has 0 spiro atoms. The maximum atomic E-state index is 12.3. The van der Waals surface area contributed by atoms with Crippen molar-refractivity contribution in [1.82, 2.24) is 20.3 Å². The highest BCUT2D eigenvalue weighted by Gasteiger charge is 2.46. The van der Waals surface area contributed by atoms with E-state index in [4.69, 9.17) is 27.9 Å². The van der Waals surface area contributed by atoms with Gasteiger partial charge in [0.1, 0.15) is 36.3 Å². The van der Waals surface area contributed by atoms with Crippen molar-refractivity contribution in [3.63, 3.8) is 0 Å². The van der Waals surface area contributed by atoms with E-state index in [1.807, 2.05) is 0 Å². The van der Waals surface area contributed by atoms with E-state index in [1.54, 1.807) is 17.4 Å². The fraction of sp³-hybridized carbons (Fsp3) is 0.471. The summed E-state index contributed by atoms with van der Waals surface area (Å²) in [5.74, 6) is -1.13. The first-order valence-electron chi connectivity index (χ1n) is 9.01. The van der Waals surface area contributed by atoms with Crippen molar-refractivity contribution < 1.29 is 38.0 Å². The van der Waals surface area contributed by atoms with E-state index in [0.717, 1.165) is 22.6 Å². The molecular weight excluding hydrogens is 500 g/mol. The largest absolute Gasteiger partial charge is 0.405 e. The average molecular weight is 517 g/mol. The number of aromatic nitrogens is 3. The molecule has 0 aliphatic carbocycles. The summed E-state index contributed by atoms with van der Waals surface area (Å²) in [5, 5.41) is 40.4. The molecule has 0 saturated carbocycles. The Balaban J connectivity index is 1.80. The second-order valence-electron chi connectivity index (χ2n) is 6.77. The summed E-state index contributed by atoms with van der Waals surface area (Å²) in [6, 6.07) is 3.48. The van der Waals surface area contributed by atoms with E-state index in [9.17, 15) is 33.3 Å². The maximum Gasteiger partial charge on any atom is 0.405 e. The van der Waals surface area contributed by atoms with Gasteiger partial charge in [0.05, 0.1) is 22.8 Å². The van der Waals surface area contributed by atoms with Crippen LogP contribution < -0.4 is 5.32 Å². The van der Waals surface area contributed by atoms with Crippen LogP contribution in [-0.4, -0.2) is 79.3 Å².